The van der Waals surface area contributed by atoms with Crippen molar-refractivity contribution in [1.82, 2.24) is 0 Å². The molecule has 3 nitrogen and oxygen atoms in total. The summed E-state index contributed by atoms with van der Waals surface area (Å²) in [6.45, 7) is 0. The number of amides is 2. The predicted molar refractivity (Wildman–Crippen MR) is 83.7 cm³/mol. The molecule has 7 heteroatoms. The number of rotatable bonds is 1. The Labute approximate surface area is 146 Å². The van der Waals surface area contributed by atoms with Crippen molar-refractivity contribution >= 4 is 29.1 Å². The highest BCUT2D eigenvalue weighted by Crippen LogP contribution is 2.73. The van der Waals surface area contributed by atoms with Crippen molar-refractivity contribution in [2.75, 3.05) is 4.90 Å². The molecule has 4 aliphatic rings. The smallest absolute Gasteiger partial charge is 0.274 e. The third-order valence-electron chi connectivity index (χ3n) is 6.37. The van der Waals surface area contributed by atoms with Crippen LogP contribution in [0.4, 0.5) is 18.9 Å². The van der Waals surface area contributed by atoms with Crippen LogP contribution in [0.3, 0.4) is 0 Å². The fourth-order valence-corrected chi connectivity index (χ4v) is 5.43. The van der Waals surface area contributed by atoms with Crippen LogP contribution < -0.4 is 4.90 Å². The molecule has 0 radical (unpaired) electrons. The Bertz CT molecular complexity index is 824. The Kier molecular flexibility index (Phi) is 2.76. The van der Waals surface area contributed by atoms with Gasteiger partial charge in [-0.25, -0.2) is 0 Å². The van der Waals surface area contributed by atoms with E-state index in [1.165, 1.54) is 6.07 Å². The molecule has 25 heavy (non-hydrogen) atoms. The Morgan fingerprint density at radius 2 is 1.60 bits per heavy atom. The van der Waals surface area contributed by atoms with Gasteiger partial charge in [0.1, 0.15) is 0 Å². The minimum Gasteiger partial charge on any atom is -0.274 e. The Morgan fingerprint density at radius 1 is 1.04 bits per heavy atom. The fourth-order valence-electron chi connectivity index (χ4n) is 5.20. The third kappa shape index (κ3) is 1.78. The summed E-state index contributed by atoms with van der Waals surface area (Å²) in [6.07, 6.45) is 1.44. The average Bonchev–Trinajstić information content (AvgIpc) is 3.13. The number of hydrogen-bond donors (Lipinski definition) is 0. The third-order valence-corrected chi connectivity index (χ3v) is 6.70. The van der Waals surface area contributed by atoms with Gasteiger partial charge >= 0.3 is 6.18 Å². The number of fused-ring (bicyclic) bond motifs is 3. The molecule has 2 amide bonds. The average molecular weight is 368 g/mol. The van der Waals surface area contributed by atoms with Crippen LogP contribution in [0.2, 0.25) is 5.02 Å². The predicted octanol–water partition coefficient (Wildman–Crippen LogP) is 4.06. The first-order valence-electron chi connectivity index (χ1n) is 8.18. The number of benzene rings is 1. The van der Waals surface area contributed by atoms with Crippen LogP contribution in [0.25, 0.3) is 0 Å². The highest BCUT2D eigenvalue weighted by molar-refractivity contribution is 6.31. The summed E-state index contributed by atoms with van der Waals surface area (Å²) in [5.41, 5.74) is -1.03. The summed E-state index contributed by atoms with van der Waals surface area (Å²) in [6, 6.07) is 3.18. The molecule has 1 saturated heterocycles. The molecule has 1 spiro atoms. The van der Waals surface area contributed by atoms with Gasteiger partial charge in [-0.05, 0) is 48.3 Å². The Balaban J connectivity index is 1.56. The first kappa shape index (κ1) is 15.4. The van der Waals surface area contributed by atoms with Crippen molar-refractivity contribution in [2.45, 2.75) is 19.0 Å². The molecule has 1 heterocycles. The number of hydrogen-bond acceptors (Lipinski definition) is 2. The minimum absolute atomic E-state index is 0.0401. The van der Waals surface area contributed by atoms with E-state index in [1.807, 2.05) is 12.2 Å². The van der Waals surface area contributed by atoms with E-state index in [4.69, 9.17) is 11.6 Å². The van der Waals surface area contributed by atoms with Crippen molar-refractivity contribution < 1.29 is 22.8 Å². The number of carbonyl (C=O) groups is 2. The van der Waals surface area contributed by atoms with Crippen LogP contribution in [0, 0.1) is 29.1 Å². The number of carbonyl (C=O) groups excluding carboxylic acids is 2. The largest absolute Gasteiger partial charge is 0.417 e. The lowest BCUT2D eigenvalue weighted by Gasteiger charge is -2.22. The normalized spacial score (nSPS) is 34.3. The number of nitrogens with zero attached hydrogens (tertiary/aromatic N) is 1. The molecule has 0 aromatic heterocycles. The Morgan fingerprint density at radius 3 is 2.08 bits per heavy atom. The van der Waals surface area contributed by atoms with Crippen LogP contribution in [0.5, 0.6) is 0 Å². The molecule has 130 valence electrons. The van der Waals surface area contributed by atoms with Crippen molar-refractivity contribution in [3.63, 3.8) is 0 Å². The molecule has 5 rings (SSSR count). The maximum Gasteiger partial charge on any atom is 0.417 e. The first-order chi connectivity index (χ1) is 11.8. The van der Waals surface area contributed by atoms with Crippen molar-refractivity contribution in [3.05, 3.63) is 40.9 Å². The molecule has 4 atom stereocenters. The number of allylic oxidation sites excluding steroid dienone is 2. The molecule has 3 aliphatic carbocycles. The van der Waals surface area contributed by atoms with Crippen LogP contribution in [-0.2, 0) is 15.8 Å². The quantitative estimate of drug-likeness (QED) is 0.554. The lowest BCUT2D eigenvalue weighted by molar-refractivity contribution is -0.137. The summed E-state index contributed by atoms with van der Waals surface area (Å²) >= 11 is 5.64. The maximum absolute atomic E-state index is 13.1. The summed E-state index contributed by atoms with van der Waals surface area (Å²) in [5, 5.41) is -0.450. The van der Waals surface area contributed by atoms with Gasteiger partial charge in [-0.3, -0.25) is 14.5 Å². The van der Waals surface area contributed by atoms with E-state index < -0.39 is 28.6 Å². The Hall–Kier alpha value is -1.82. The van der Waals surface area contributed by atoms with E-state index in [0.29, 0.717) is 0 Å². The van der Waals surface area contributed by atoms with Crippen molar-refractivity contribution in [3.8, 4) is 0 Å². The van der Waals surface area contributed by atoms with Crippen LogP contribution >= 0.6 is 11.6 Å². The molecule has 0 unspecified atom stereocenters. The van der Waals surface area contributed by atoms with Gasteiger partial charge in [-0.1, -0.05) is 23.8 Å². The van der Waals surface area contributed by atoms with Gasteiger partial charge < -0.3 is 0 Å². The van der Waals surface area contributed by atoms with E-state index in [2.05, 4.69) is 0 Å². The first-order valence-corrected chi connectivity index (χ1v) is 8.56. The molecular formula is C18H13ClF3NO2. The minimum atomic E-state index is -4.65. The molecule has 3 fully saturated rings. The highest BCUT2D eigenvalue weighted by Gasteiger charge is 2.73. The van der Waals surface area contributed by atoms with Crippen molar-refractivity contribution in [1.29, 1.82) is 0 Å². The van der Waals surface area contributed by atoms with Crippen molar-refractivity contribution in [2.24, 2.45) is 29.1 Å². The topological polar surface area (TPSA) is 37.4 Å². The van der Waals surface area contributed by atoms with E-state index in [-0.39, 0.29) is 34.8 Å². The lowest BCUT2D eigenvalue weighted by Crippen LogP contribution is -2.34. The summed E-state index contributed by atoms with van der Waals surface area (Å²) in [4.78, 5) is 26.7. The monoisotopic (exact) mass is 367 g/mol. The molecule has 1 aromatic rings. The summed E-state index contributed by atoms with van der Waals surface area (Å²) in [7, 11) is 0. The second-order valence-electron chi connectivity index (χ2n) is 7.39. The molecule has 2 bridgehead atoms. The van der Waals surface area contributed by atoms with E-state index in [9.17, 15) is 22.8 Å². The van der Waals surface area contributed by atoms with Crippen LogP contribution in [0.1, 0.15) is 18.4 Å². The maximum atomic E-state index is 13.1. The SMILES string of the molecule is O=C1[C@@H]2[C@@H](C(=O)N1c1ccc(Cl)c(C(F)(F)F)c1)[C@@H]1C=C[C@@H]2C12CC2. The zero-order valence-electron chi connectivity index (χ0n) is 12.9. The van der Waals surface area contributed by atoms with E-state index in [1.54, 1.807) is 0 Å². The molecule has 1 aliphatic heterocycles. The lowest BCUT2D eigenvalue weighted by atomic mass is 9.85. The van der Waals surface area contributed by atoms with Gasteiger partial charge in [-0.15, -0.1) is 0 Å². The summed E-state index contributed by atoms with van der Waals surface area (Å²) < 4.78 is 39.3. The number of anilines is 1. The highest BCUT2D eigenvalue weighted by atomic mass is 35.5. The van der Waals surface area contributed by atoms with Gasteiger partial charge in [0, 0.05) is 0 Å². The number of imide groups is 1. The van der Waals surface area contributed by atoms with Gasteiger partial charge in [0.15, 0.2) is 0 Å². The second-order valence-corrected chi connectivity index (χ2v) is 7.80. The standard InChI is InChI=1S/C18H13ClF3NO2/c19-12-4-1-8(7-11(12)18(20,21)22)23-15(24)13-9-2-3-10(14(13)16(23)25)17(9)5-6-17/h1-4,7,9-10,13-14H,5-6H2/t9-,10-,13-,14-/m0/s1. The molecule has 1 aromatic carbocycles. The van der Waals surface area contributed by atoms with Gasteiger partial charge in [0.25, 0.3) is 0 Å². The van der Waals surface area contributed by atoms with Crippen LogP contribution in [-0.4, -0.2) is 11.8 Å². The van der Waals surface area contributed by atoms with Gasteiger partial charge in [-0.2, -0.15) is 13.2 Å². The van der Waals surface area contributed by atoms with Gasteiger partial charge in [0.2, 0.25) is 11.8 Å². The number of alkyl halides is 3. The summed E-state index contributed by atoms with van der Waals surface area (Å²) in [5.74, 6) is -1.55. The van der Waals surface area contributed by atoms with Gasteiger partial charge in [0.05, 0.1) is 28.1 Å². The van der Waals surface area contributed by atoms with E-state index >= 15 is 0 Å². The second kappa shape index (κ2) is 4.47. The molecule has 2 saturated carbocycles. The van der Waals surface area contributed by atoms with Crippen LogP contribution in [0.15, 0.2) is 30.4 Å². The van der Waals surface area contributed by atoms with E-state index in [0.717, 1.165) is 29.9 Å². The zero-order chi connectivity index (χ0) is 17.7. The molecule has 0 N–H and O–H groups in total. The molecular weight excluding hydrogens is 355 g/mol. The fraction of sp³-hybridized carbons (Fsp3) is 0.444. The number of halogens is 4. The zero-order valence-corrected chi connectivity index (χ0v) is 13.6.